The van der Waals surface area contributed by atoms with Gasteiger partial charge in [0, 0.05) is 31.5 Å². The van der Waals surface area contributed by atoms with Gasteiger partial charge in [0.05, 0.1) is 11.9 Å². The maximum absolute atomic E-state index is 4.30. The van der Waals surface area contributed by atoms with Crippen LogP contribution in [0.2, 0.25) is 0 Å². The molecule has 1 fully saturated rings. The quantitative estimate of drug-likeness (QED) is 0.875. The molecule has 0 radical (unpaired) electrons. The van der Waals surface area contributed by atoms with Crippen LogP contribution in [-0.2, 0) is 13.0 Å². The summed E-state index contributed by atoms with van der Waals surface area (Å²) >= 11 is 0. The highest BCUT2D eigenvalue weighted by molar-refractivity contribution is 5.65. The van der Waals surface area contributed by atoms with Gasteiger partial charge in [-0.2, -0.15) is 0 Å². The molecule has 0 saturated heterocycles. The lowest BCUT2D eigenvalue weighted by Crippen LogP contribution is -2.19. The summed E-state index contributed by atoms with van der Waals surface area (Å²) in [6.45, 7) is 3.10. The van der Waals surface area contributed by atoms with E-state index in [-0.39, 0.29) is 0 Å². The number of rotatable bonds is 6. The fourth-order valence-corrected chi connectivity index (χ4v) is 2.50. The molecule has 1 aromatic heterocycles. The van der Waals surface area contributed by atoms with Crippen LogP contribution < -0.4 is 10.2 Å². The Bertz CT molecular complexity index is 588. The maximum Gasteiger partial charge on any atom is 0.0640 e. The fraction of sp³-hybridized carbons (Fsp3) is 0.389. The number of pyridine rings is 1. The van der Waals surface area contributed by atoms with Gasteiger partial charge in [-0.3, -0.25) is 4.98 Å². The highest BCUT2D eigenvalue weighted by atomic mass is 15.1. The summed E-state index contributed by atoms with van der Waals surface area (Å²) in [5.41, 5.74) is 5.05. The van der Waals surface area contributed by atoms with Gasteiger partial charge in [-0.25, -0.2) is 0 Å². The van der Waals surface area contributed by atoms with Gasteiger partial charge in [-0.15, -0.1) is 0 Å². The molecule has 0 spiro atoms. The van der Waals surface area contributed by atoms with Crippen LogP contribution in [0.3, 0.4) is 0 Å². The number of nitrogens with zero attached hydrogens (tertiary/aromatic N) is 2. The number of benzene rings is 1. The minimum absolute atomic E-state index is 0.722. The minimum atomic E-state index is 0.722. The first-order valence-electron chi connectivity index (χ1n) is 7.77. The second-order valence-corrected chi connectivity index (χ2v) is 5.74. The van der Waals surface area contributed by atoms with Gasteiger partial charge in [-0.05, 0) is 48.6 Å². The first-order valence-corrected chi connectivity index (χ1v) is 7.77. The van der Waals surface area contributed by atoms with E-state index in [0.717, 1.165) is 19.0 Å². The third-order valence-electron chi connectivity index (χ3n) is 4.14. The standard InChI is InChI=1S/C18H23N3/c1-3-14-4-8-17(9-5-14)21(2)18-13-19-11-10-15(18)12-20-16-6-7-16/h4-5,8-11,13,16,20H,3,6-7,12H2,1-2H3. The molecule has 2 aromatic rings. The molecular weight excluding hydrogens is 258 g/mol. The molecule has 0 bridgehead atoms. The summed E-state index contributed by atoms with van der Waals surface area (Å²) in [7, 11) is 2.11. The van der Waals surface area contributed by atoms with E-state index in [0.29, 0.717) is 0 Å². The van der Waals surface area contributed by atoms with Crippen LogP contribution in [0.25, 0.3) is 0 Å². The van der Waals surface area contributed by atoms with Crippen molar-refractivity contribution in [3.63, 3.8) is 0 Å². The van der Waals surface area contributed by atoms with E-state index >= 15 is 0 Å². The summed E-state index contributed by atoms with van der Waals surface area (Å²) in [6, 6.07) is 11.6. The fourth-order valence-electron chi connectivity index (χ4n) is 2.50. The van der Waals surface area contributed by atoms with Crippen LogP contribution in [0, 0.1) is 0 Å². The number of aryl methyl sites for hydroxylation is 1. The number of anilines is 2. The average Bonchev–Trinajstić information content (AvgIpc) is 3.37. The Morgan fingerprint density at radius 2 is 1.95 bits per heavy atom. The zero-order chi connectivity index (χ0) is 14.7. The Kier molecular flexibility index (Phi) is 4.20. The van der Waals surface area contributed by atoms with Crippen LogP contribution in [0.1, 0.15) is 30.9 Å². The lowest BCUT2D eigenvalue weighted by Gasteiger charge is -2.22. The number of hydrogen-bond acceptors (Lipinski definition) is 3. The molecule has 1 aliphatic rings. The average molecular weight is 281 g/mol. The van der Waals surface area contributed by atoms with Gasteiger partial charge in [0.1, 0.15) is 0 Å². The predicted molar refractivity (Wildman–Crippen MR) is 88.0 cm³/mol. The molecule has 21 heavy (non-hydrogen) atoms. The Labute approximate surface area is 127 Å². The molecule has 0 atom stereocenters. The van der Waals surface area contributed by atoms with Crippen molar-refractivity contribution >= 4 is 11.4 Å². The molecule has 1 aromatic carbocycles. The summed E-state index contributed by atoms with van der Waals surface area (Å²) < 4.78 is 0. The monoisotopic (exact) mass is 281 g/mol. The maximum atomic E-state index is 4.30. The van der Waals surface area contributed by atoms with Gasteiger partial charge < -0.3 is 10.2 Å². The summed E-state index contributed by atoms with van der Waals surface area (Å²) in [5.74, 6) is 0. The van der Waals surface area contributed by atoms with Crippen LogP contribution >= 0.6 is 0 Å². The molecule has 3 heteroatoms. The van der Waals surface area contributed by atoms with Gasteiger partial charge in [0.15, 0.2) is 0 Å². The Balaban J connectivity index is 1.80. The van der Waals surface area contributed by atoms with Crippen molar-refractivity contribution in [2.45, 2.75) is 38.8 Å². The van der Waals surface area contributed by atoms with E-state index in [2.05, 4.69) is 59.5 Å². The van der Waals surface area contributed by atoms with Gasteiger partial charge in [0.2, 0.25) is 0 Å². The van der Waals surface area contributed by atoms with E-state index in [9.17, 15) is 0 Å². The van der Waals surface area contributed by atoms with Crippen LogP contribution in [0.4, 0.5) is 11.4 Å². The van der Waals surface area contributed by atoms with Crippen LogP contribution in [-0.4, -0.2) is 18.1 Å². The topological polar surface area (TPSA) is 28.2 Å². The van der Waals surface area contributed by atoms with Crippen molar-refractivity contribution in [2.75, 3.05) is 11.9 Å². The largest absolute Gasteiger partial charge is 0.343 e. The summed E-state index contributed by atoms with van der Waals surface area (Å²) in [4.78, 5) is 6.52. The molecule has 1 aliphatic carbocycles. The molecule has 1 saturated carbocycles. The van der Waals surface area contributed by atoms with Crippen LogP contribution in [0.5, 0.6) is 0 Å². The van der Waals surface area contributed by atoms with Gasteiger partial charge in [-0.1, -0.05) is 19.1 Å². The van der Waals surface area contributed by atoms with Crippen molar-refractivity contribution in [2.24, 2.45) is 0 Å². The first-order chi connectivity index (χ1) is 10.3. The first kappa shape index (κ1) is 14.1. The molecule has 3 rings (SSSR count). The van der Waals surface area contributed by atoms with Crippen molar-refractivity contribution in [1.29, 1.82) is 0 Å². The second kappa shape index (κ2) is 6.27. The van der Waals surface area contributed by atoms with E-state index in [4.69, 9.17) is 0 Å². The van der Waals surface area contributed by atoms with Gasteiger partial charge in [0.25, 0.3) is 0 Å². The molecule has 110 valence electrons. The Hall–Kier alpha value is -1.87. The third kappa shape index (κ3) is 3.42. The Morgan fingerprint density at radius 1 is 1.19 bits per heavy atom. The lowest BCUT2D eigenvalue weighted by atomic mass is 10.1. The number of aromatic nitrogens is 1. The SMILES string of the molecule is CCc1ccc(N(C)c2cnccc2CNC2CC2)cc1. The minimum Gasteiger partial charge on any atom is -0.343 e. The zero-order valence-corrected chi connectivity index (χ0v) is 12.8. The zero-order valence-electron chi connectivity index (χ0n) is 12.8. The van der Waals surface area contributed by atoms with E-state index < -0.39 is 0 Å². The molecule has 3 nitrogen and oxygen atoms in total. The van der Waals surface area contributed by atoms with Crippen molar-refractivity contribution in [1.82, 2.24) is 10.3 Å². The number of nitrogens with one attached hydrogen (secondary N) is 1. The van der Waals surface area contributed by atoms with Gasteiger partial charge >= 0.3 is 0 Å². The van der Waals surface area contributed by atoms with Crippen molar-refractivity contribution < 1.29 is 0 Å². The normalized spacial score (nSPS) is 14.2. The second-order valence-electron chi connectivity index (χ2n) is 5.74. The molecule has 1 N–H and O–H groups in total. The molecular formula is C18H23N3. The summed E-state index contributed by atoms with van der Waals surface area (Å²) in [6.07, 6.45) is 7.54. The molecule has 0 amide bonds. The van der Waals surface area contributed by atoms with E-state index in [1.54, 1.807) is 0 Å². The highest BCUT2D eigenvalue weighted by Gasteiger charge is 2.20. The molecule has 0 aliphatic heterocycles. The Morgan fingerprint density at radius 3 is 2.62 bits per heavy atom. The molecule has 1 heterocycles. The van der Waals surface area contributed by atoms with E-state index in [1.165, 1.54) is 35.3 Å². The highest BCUT2D eigenvalue weighted by Crippen LogP contribution is 2.27. The lowest BCUT2D eigenvalue weighted by molar-refractivity contribution is 0.687. The van der Waals surface area contributed by atoms with Crippen molar-refractivity contribution in [3.8, 4) is 0 Å². The number of hydrogen-bond donors (Lipinski definition) is 1. The molecule has 0 unspecified atom stereocenters. The third-order valence-corrected chi connectivity index (χ3v) is 4.14. The summed E-state index contributed by atoms with van der Waals surface area (Å²) in [5, 5.41) is 3.58. The van der Waals surface area contributed by atoms with Crippen molar-refractivity contribution in [3.05, 3.63) is 53.9 Å². The van der Waals surface area contributed by atoms with E-state index in [1.807, 2.05) is 12.4 Å². The van der Waals surface area contributed by atoms with Crippen LogP contribution in [0.15, 0.2) is 42.7 Å². The predicted octanol–water partition coefficient (Wildman–Crippen LogP) is 3.66. The smallest absolute Gasteiger partial charge is 0.0640 e.